The van der Waals surface area contributed by atoms with Crippen molar-refractivity contribution in [2.24, 2.45) is 0 Å². The first-order valence-electron chi connectivity index (χ1n) is 11.0. The van der Waals surface area contributed by atoms with Crippen molar-refractivity contribution in [3.05, 3.63) is 72.4 Å². The number of amides is 3. The van der Waals surface area contributed by atoms with Gasteiger partial charge < -0.3 is 34.7 Å². The monoisotopic (exact) mass is 472 g/mol. The van der Waals surface area contributed by atoms with Crippen LogP contribution in [0.25, 0.3) is 10.9 Å². The van der Waals surface area contributed by atoms with Gasteiger partial charge in [-0.25, -0.2) is 4.79 Å². The van der Waals surface area contributed by atoms with Gasteiger partial charge in [-0.15, -0.1) is 0 Å². The Morgan fingerprint density at radius 3 is 2.60 bits per heavy atom. The quantitative estimate of drug-likeness (QED) is 0.376. The molecule has 5 rings (SSSR count). The zero-order chi connectivity index (χ0) is 24.4. The van der Waals surface area contributed by atoms with E-state index in [1.807, 2.05) is 36.5 Å². The molecule has 1 aromatic heterocycles. The summed E-state index contributed by atoms with van der Waals surface area (Å²) in [6.07, 6.45) is 1.85. The second kappa shape index (κ2) is 9.30. The number of benzene rings is 3. The Balaban J connectivity index is 1.33. The molecule has 0 bridgehead atoms. The number of hydrogen-bond acceptors (Lipinski definition) is 5. The van der Waals surface area contributed by atoms with Crippen LogP contribution >= 0.6 is 0 Å². The number of carbonyl (C=O) groups excluding carboxylic acids is 2. The number of aromatic nitrogens is 1. The number of nitrogens with zero attached hydrogens (tertiary/aromatic N) is 1. The molecule has 3 aromatic carbocycles. The number of urea groups is 1. The lowest BCUT2D eigenvalue weighted by Gasteiger charge is -2.30. The molecule has 0 atom stereocenters. The molecule has 3 amide bonds. The highest BCUT2D eigenvalue weighted by atomic mass is 16.5. The van der Waals surface area contributed by atoms with Crippen molar-refractivity contribution in [3.63, 3.8) is 0 Å². The molecule has 0 unspecified atom stereocenters. The average molecular weight is 473 g/mol. The lowest BCUT2D eigenvalue weighted by molar-refractivity contribution is -0.121. The van der Waals surface area contributed by atoms with Crippen LogP contribution in [0.15, 0.2) is 66.9 Å². The van der Waals surface area contributed by atoms with Crippen LogP contribution < -0.4 is 29.7 Å². The minimum absolute atomic E-state index is 0.106. The highest BCUT2D eigenvalue weighted by molar-refractivity contribution is 6.02. The highest BCUT2D eigenvalue weighted by Gasteiger charge is 2.27. The molecule has 9 heteroatoms. The number of H-pyrrole nitrogens is 1. The largest absolute Gasteiger partial charge is 0.497 e. The van der Waals surface area contributed by atoms with E-state index in [-0.39, 0.29) is 25.1 Å². The molecule has 0 radical (unpaired) electrons. The molecule has 1 aliphatic heterocycles. The minimum atomic E-state index is -0.388. The van der Waals surface area contributed by atoms with Crippen LogP contribution in [-0.4, -0.2) is 37.7 Å². The summed E-state index contributed by atoms with van der Waals surface area (Å²) in [6, 6.07) is 17.8. The number of rotatable bonds is 6. The summed E-state index contributed by atoms with van der Waals surface area (Å²) in [6.45, 7) is 0.176. The zero-order valence-corrected chi connectivity index (χ0v) is 19.3. The molecule has 0 saturated carbocycles. The standard InChI is InChI=1S/C26H24N4O5/c1-33-20-6-8-23(34-2)17(11-20)14-30-22-7-5-19(13-24(22)35-15-25(30)31)29-26(32)28-18-4-3-16-9-10-27-21(16)12-18/h3-13,27H,14-15H2,1-2H3,(H2,28,29,32). The van der Waals surface area contributed by atoms with Crippen molar-refractivity contribution in [1.29, 1.82) is 0 Å². The fourth-order valence-corrected chi connectivity index (χ4v) is 4.05. The minimum Gasteiger partial charge on any atom is -0.497 e. The number of fused-ring (bicyclic) bond motifs is 2. The van der Waals surface area contributed by atoms with E-state index >= 15 is 0 Å². The molecule has 35 heavy (non-hydrogen) atoms. The van der Waals surface area contributed by atoms with Gasteiger partial charge in [-0.3, -0.25) is 4.79 Å². The Morgan fingerprint density at radius 2 is 1.80 bits per heavy atom. The van der Waals surface area contributed by atoms with E-state index in [0.29, 0.717) is 34.3 Å². The summed E-state index contributed by atoms with van der Waals surface area (Å²) in [4.78, 5) is 30.0. The van der Waals surface area contributed by atoms with Gasteiger partial charge in [-0.05, 0) is 53.9 Å². The average Bonchev–Trinajstić information content (AvgIpc) is 3.33. The SMILES string of the molecule is COc1ccc(OC)c(CN2C(=O)COc3cc(NC(=O)Nc4ccc5cc[nH]c5c4)ccc32)c1. The molecule has 0 aliphatic carbocycles. The first kappa shape index (κ1) is 22.1. The molecule has 0 saturated heterocycles. The van der Waals surface area contributed by atoms with E-state index in [1.54, 1.807) is 49.5 Å². The second-order valence-electron chi connectivity index (χ2n) is 7.99. The third-order valence-corrected chi connectivity index (χ3v) is 5.79. The van der Waals surface area contributed by atoms with Gasteiger partial charge in [0.05, 0.1) is 26.5 Å². The van der Waals surface area contributed by atoms with Crippen LogP contribution in [0.1, 0.15) is 5.56 Å². The van der Waals surface area contributed by atoms with Gasteiger partial charge in [-0.2, -0.15) is 0 Å². The second-order valence-corrected chi connectivity index (χ2v) is 7.99. The van der Waals surface area contributed by atoms with E-state index in [4.69, 9.17) is 14.2 Å². The van der Waals surface area contributed by atoms with Crippen molar-refractivity contribution < 1.29 is 23.8 Å². The number of hydrogen-bond donors (Lipinski definition) is 3. The molecule has 0 fully saturated rings. The van der Waals surface area contributed by atoms with Crippen molar-refractivity contribution in [2.75, 3.05) is 36.4 Å². The van der Waals surface area contributed by atoms with E-state index < -0.39 is 0 Å². The molecule has 0 spiro atoms. The van der Waals surface area contributed by atoms with E-state index in [0.717, 1.165) is 16.5 Å². The molecule has 4 aromatic rings. The Kier molecular flexibility index (Phi) is 5.88. The predicted molar refractivity (Wildman–Crippen MR) is 134 cm³/mol. The van der Waals surface area contributed by atoms with Crippen LogP contribution in [-0.2, 0) is 11.3 Å². The maximum atomic E-state index is 12.7. The summed E-state index contributed by atoms with van der Waals surface area (Å²) in [7, 11) is 3.17. The Bertz CT molecular complexity index is 1410. The summed E-state index contributed by atoms with van der Waals surface area (Å²) in [5, 5.41) is 6.70. The fourth-order valence-electron chi connectivity index (χ4n) is 4.05. The maximum absolute atomic E-state index is 12.7. The summed E-state index contributed by atoms with van der Waals surface area (Å²) >= 11 is 0. The van der Waals surface area contributed by atoms with Crippen LogP contribution in [0.5, 0.6) is 17.2 Å². The smallest absolute Gasteiger partial charge is 0.323 e. The normalized spacial score (nSPS) is 12.6. The first-order chi connectivity index (χ1) is 17.0. The topological polar surface area (TPSA) is 105 Å². The first-order valence-corrected chi connectivity index (χ1v) is 11.0. The van der Waals surface area contributed by atoms with Crippen LogP contribution in [0.2, 0.25) is 0 Å². The summed E-state index contributed by atoms with van der Waals surface area (Å²) < 4.78 is 16.4. The molecule has 9 nitrogen and oxygen atoms in total. The number of aromatic amines is 1. The Morgan fingerprint density at radius 1 is 1.00 bits per heavy atom. The molecule has 2 heterocycles. The molecule has 1 aliphatic rings. The number of carbonyl (C=O) groups is 2. The van der Waals surface area contributed by atoms with Gasteiger partial charge in [0.1, 0.15) is 17.2 Å². The maximum Gasteiger partial charge on any atom is 0.323 e. The third-order valence-electron chi connectivity index (χ3n) is 5.79. The fraction of sp³-hybridized carbons (Fsp3) is 0.154. The van der Waals surface area contributed by atoms with E-state index in [1.165, 1.54) is 0 Å². The number of nitrogens with one attached hydrogen (secondary N) is 3. The molecule has 3 N–H and O–H groups in total. The molecular formula is C26H24N4O5. The lowest BCUT2D eigenvalue weighted by atomic mass is 10.1. The zero-order valence-electron chi connectivity index (χ0n) is 19.3. The number of methoxy groups -OCH3 is 2. The van der Waals surface area contributed by atoms with E-state index in [9.17, 15) is 9.59 Å². The van der Waals surface area contributed by atoms with Crippen LogP contribution in [0.3, 0.4) is 0 Å². The van der Waals surface area contributed by atoms with Crippen molar-refractivity contribution in [3.8, 4) is 17.2 Å². The Labute approximate surface area is 201 Å². The molecule has 178 valence electrons. The van der Waals surface area contributed by atoms with Gasteiger partial charge >= 0.3 is 6.03 Å². The third kappa shape index (κ3) is 4.56. The van der Waals surface area contributed by atoms with Gasteiger partial charge in [0, 0.05) is 34.7 Å². The Hall–Kier alpha value is -4.66. The van der Waals surface area contributed by atoms with Gasteiger partial charge in [0.15, 0.2) is 6.61 Å². The van der Waals surface area contributed by atoms with Crippen LogP contribution in [0, 0.1) is 0 Å². The predicted octanol–water partition coefficient (Wildman–Crippen LogP) is 4.75. The van der Waals surface area contributed by atoms with Crippen molar-refractivity contribution in [2.45, 2.75) is 6.54 Å². The van der Waals surface area contributed by atoms with Gasteiger partial charge in [-0.1, -0.05) is 6.07 Å². The molecular weight excluding hydrogens is 448 g/mol. The van der Waals surface area contributed by atoms with Gasteiger partial charge in [0.25, 0.3) is 5.91 Å². The van der Waals surface area contributed by atoms with Crippen LogP contribution in [0.4, 0.5) is 21.9 Å². The summed E-state index contributed by atoms with van der Waals surface area (Å²) in [5.74, 6) is 1.64. The van der Waals surface area contributed by atoms with E-state index in [2.05, 4.69) is 15.6 Å². The van der Waals surface area contributed by atoms with Crippen molar-refractivity contribution in [1.82, 2.24) is 4.98 Å². The lowest BCUT2D eigenvalue weighted by Crippen LogP contribution is -2.38. The number of ether oxygens (including phenoxy) is 3. The van der Waals surface area contributed by atoms with Gasteiger partial charge in [0.2, 0.25) is 0 Å². The highest BCUT2D eigenvalue weighted by Crippen LogP contribution is 2.37. The summed E-state index contributed by atoms with van der Waals surface area (Å²) in [5.41, 5.74) is 3.54. The number of anilines is 3. The van der Waals surface area contributed by atoms with Crippen molar-refractivity contribution >= 4 is 39.9 Å².